The third-order valence-corrected chi connectivity index (χ3v) is 3.12. The van der Waals surface area contributed by atoms with Crippen LogP contribution in [-0.2, 0) is 0 Å². The van der Waals surface area contributed by atoms with Gasteiger partial charge in [0.25, 0.3) is 0 Å². The number of nitrogen functional groups attached to an aromatic ring is 1. The molecule has 0 aromatic heterocycles. The topological polar surface area (TPSA) is 69.8 Å². The van der Waals surface area contributed by atoms with E-state index in [4.69, 9.17) is 5.73 Å². The van der Waals surface area contributed by atoms with E-state index in [1.165, 1.54) is 0 Å². The Bertz CT molecular complexity index is 426. The molecule has 0 radical (unpaired) electrons. The molecule has 17 heavy (non-hydrogen) atoms. The molecule has 0 aliphatic carbocycles. The van der Waals surface area contributed by atoms with Gasteiger partial charge in [0.2, 0.25) is 0 Å². The molecule has 1 aliphatic rings. The molecular weight excluding hydrogens is 218 g/mol. The molecule has 0 amide bonds. The molecule has 92 valence electrons. The van der Waals surface area contributed by atoms with Gasteiger partial charge in [-0.3, -0.25) is 0 Å². The maximum absolute atomic E-state index is 11.2. The molecular formula is C12H17N3O2. The van der Waals surface area contributed by atoms with Gasteiger partial charge >= 0.3 is 5.97 Å². The van der Waals surface area contributed by atoms with Crippen LogP contribution in [0.15, 0.2) is 18.2 Å². The molecule has 5 heteroatoms. The highest BCUT2D eigenvalue weighted by Gasteiger charge is 2.21. The van der Waals surface area contributed by atoms with E-state index in [1.54, 1.807) is 18.2 Å². The number of anilines is 2. The van der Waals surface area contributed by atoms with Gasteiger partial charge in [0.05, 0.1) is 16.9 Å². The Hall–Kier alpha value is -1.75. The van der Waals surface area contributed by atoms with Crippen molar-refractivity contribution >= 4 is 17.3 Å². The molecule has 3 N–H and O–H groups in total. The number of rotatable bonds is 2. The summed E-state index contributed by atoms with van der Waals surface area (Å²) in [4.78, 5) is 15.5. The Balaban J connectivity index is 2.33. The van der Waals surface area contributed by atoms with E-state index in [-0.39, 0.29) is 5.56 Å². The number of carboxylic acid groups (broad SMARTS) is 1. The maximum atomic E-state index is 11.2. The van der Waals surface area contributed by atoms with E-state index in [9.17, 15) is 9.90 Å². The normalized spacial score (nSPS) is 17.1. The Labute approximate surface area is 100 Å². The van der Waals surface area contributed by atoms with Crippen LogP contribution in [0.3, 0.4) is 0 Å². The van der Waals surface area contributed by atoms with Crippen molar-refractivity contribution in [2.24, 2.45) is 0 Å². The second kappa shape index (κ2) is 4.63. The molecule has 0 atom stereocenters. The van der Waals surface area contributed by atoms with Crippen molar-refractivity contribution in [3.63, 3.8) is 0 Å². The van der Waals surface area contributed by atoms with Crippen LogP contribution in [0.2, 0.25) is 0 Å². The zero-order valence-electron chi connectivity index (χ0n) is 9.89. The molecule has 1 aliphatic heterocycles. The minimum atomic E-state index is -0.925. The van der Waals surface area contributed by atoms with E-state index in [0.717, 1.165) is 26.2 Å². The van der Waals surface area contributed by atoms with Crippen LogP contribution in [0.4, 0.5) is 11.4 Å². The van der Waals surface area contributed by atoms with Crippen molar-refractivity contribution in [2.45, 2.75) is 0 Å². The monoisotopic (exact) mass is 235 g/mol. The van der Waals surface area contributed by atoms with Crippen LogP contribution in [0.5, 0.6) is 0 Å². The Morgan fingerprint density at radius 1 is 1.29 bits per heavy atom. The first-order valence-corrected chi connectivity index (χ1v) is 5.65. The number of nitrogens with zero attached hydrogens (tertiary/aromatic N) is 2. The largest absolute Gasteiger partial charge is 0.478 e. The zero-order chi connectivity index (χ0) is 12.4. The fourth-order valence-electron chi connectivity index (χ4n) is 2.12. The van der Waals surface area contributed by atoms with Crippen molar-refractivity contribution < 1.29 is 9.90 Å². The van der Waals surface area contributed by atoms with Crippen LogP contribution in [0.25, 0.3) is 0 Å². The molecule has 0 saturated carbocycles. The smallest absolute Gasteiger partial charge is 0.337 e. The first-order valence-electron chi connectivity index (χ1n) is 5.65. The van der Waals surface area contributed by atoms with Crippen LogP contribution >= 0.6 is 0 Å². The highest BCUT2D eigenvalue weighted by atomic mass is 16.4. The Kier molecular flexibility index (Phi) is 3.19. The number of hydrogen-bond donors (Lipinski definition) is 2. The summed E-state index contributed by atoms with van der Waals surface area (Å²) in [5.41, 5.74) is 7.39. The number of nitrogens with two attached hydrogens (primary N) is 1. The van der Waals surface area contributed by atoms with E-state index in [2.05, 4.69) is 16.8 Å². The second-order valence-corrected chi connectivity index (χ2v) is 4.34. The predicted molar refractivity (Wildman–Crippen MR) is 67.5 cm³/mol. The van der Waals surface area contributed by atoms with Crippen molar-refractivity contribution in [1.82, 2.24) is 4.90 Å². The van der Waals surface area contributed by atoms with E-state index < -0.39 is 5.97 Å². The molecule has 1 aromatic rings. The summed E-state index contributed by atoms with van der Waals surface area (Å²) >= 11 is 0. The quantitative estimate of drug-likeness (QED) is 0.739. The lowest BCUT2D eigenvalue weighted by Gasteiger charge is -2.35. The number of hydrogen-bond acceptors (Lipinski definition) is 4. The fraction of sp³-hybridized carbons (Fsp3) is 0.417. The average Bonchev–Trinajstić information content (AvgIpc) is 2.30. The van der Waals surface area contributed by atoms with Crippen molar-refractivity contribution in [3.05, 3.63) is 23.8 Å². The van der Waals surface area contributed by atoms with E-state index in [1.807, 2.05) is 0 Å². The standard InChI is InChI=1S/C12H17N3O2/c1-14-5-7-15(8-6-14)11-9(12(16)17)3-2-4-10(11)13/h2-4H,5-8,13H2,1H3,(H,16,17). The summed E-state index contributed by atoms with van der Waals surface area (Å²) in [5.74, 6) is -0.925. The van der Waals surface area contributed by atoms with Gasteiger partial charge in [-0.2, -0.15) is 0 Å². The molecule has 1 saturated heterocycles. The van der Waals surface area contributed by atoms with Gasteiger partial charge in [-0.25, -0.2) is 4.79 Å². The van der Waals surface area contributed by atoms with Gasteiger partial charge in [-0.15, -0.1) is 0 Å². The highest BCUT2D eigenvalue weighted by Crippen LogP contribution is 2.28. The number of benzene rings is 1. The number of carboxylic acids is 1. The van der Waals surface area contributed by atoms with Crippen LogP contribution < -0.4 is 10.6 Å². The average molecular weight is 235 g/mol. The zero-order valence-corrected chi connectivity index (χ0v) is 9.89. The van der Waals surface area contributed by atoms with Crippen molar-refractivity contribution in [2.75, 3.05) is 43.9 Å². The first-order chi connectivity index (χ1) is 8.09. The number of aromatic carboxylic acids is 1. The minimum absolute atomic E-state index is 0.287. The minimum Gasteiger partial charge on any atom is -0.478 e. The SMILES string of the molecule is CN1CCN(c2c(N)cccc2C(=O)O)CC1. The predicted octanol–water partition coefficient (Wildman–Crippen LogP) is 0.719. The summed E-state index contributed by atoms with van der Waals surface area (Å²) in [5, 5.41) is 9.18. The molecule has 5 nitrogen and oxygen atoms in total. The van der Waals surface area contributed by atoms with Gasteiger partial charge in [0.15, 0.2) is 0 Å². The summed E-state index contributed by atoms with van der Waals surface area (Å²) in [6.45, 7) is 3.47. The Morgan fingerprint density at radius 2 is 1.94 bits per heavy atom. The molecule has 0 spiro atoms. The van der Waals surface area contributed by atoms with Crippen molar-refractivity contribution in [3.8, 4) is 0 Å². The highest BCUT2D eigenvalue weighted by molar-refractivity contribution is 5.98. The van der Waals surface area contributed by atoms with Crippen LogP contribution in [-0.4, -0.2) is 49.2 Å². The van der Waals surface area contributed by atoms with Gasteiger partial charge in [-0.05, 0) is 19.2 Å². The third-order valence-electron chi connectivity index (χ3n) is 3.12. The molecule has 1 heterocycles. The van der Waals surface area contributed by atoms with Crippen LogP contribution in [0, 0.1) is 0 Å². The second-order valence-electron chi connectivity index (χ2n) is 4.34. The number of likely N-dealkylation sites (N-methyl/N-ethyl adjacent to an activating group) is 1. The van der Waals surface area contributed by atoms with E-state index >= 15 is 0 Å². The summed E-state index contributed by atoms with van der Waals surface area (Å²) in [6.07, 6.45) is 0. The molecule has 2 rings (SSSR count). The first kappa shape index (κ1) is 11.7. The van der Waals surface area contributed by atoms with Gasteiger partial charge < -0.3 is 20.6 Å². The van der Waals surface area contributed by atoms with Crippen molar-refractivity contribution in [1.29, 1.82) is 0 Å². The maximum Gasteiger partial charge on any atom is 0.337 e. The molecule has 1 fully saturated rings. The lowest BCUT2D eigenvalue weighted by Crippen LogP contribution is -2.45. The summed E-state index contributed by atoms with van der Waals surface area (Å²) in [7, 11) is 2.06. The third kappa shape index (κ3) is 2.34. The lowest BCUT2D eigenvalue weighted by molar-refractivity contribution is 0.0697. The Morgan fingerprint density at radius 3 is 2.53 bits per heavy atom. The number of para-hydroxylation sites is 1. The van der Waals surface area contributed by atoms with Crippen LogP contribution in [0.1, 0.15) is 10.4 Å². The fourth-order valence-corrected chi connectivity index (χ4v) is 2.12. The van der Waals surface area contributed by atoms with E-state index in [0.29, 0.717) is 11.4 Å². The van der Waals surface area contributed by atoms with Gasteiger partial charge in [0, 0.05) is 26.2 Å². The summed E-state index contributed by atoms with van der Waals surface area (Å²) in [6, 6.07) is 5.03. The lowest BCUT2D eigenvalue weighted by atomic mass is 10.1. The number of piperazine rings is 1. The van der Waals surface area contributed by atoms with Gasteiger partial charge in [-0.1, -0.05) is 6.07 Å². The number of carbonyl (C=O) groups is 1. The molecule has 0 bridgehead atoms. The summed E-state index contributed by atoms with van der Waals surface area (Å²) < 4.78 is 0. The van der Waals surface area contributed by atoms with Gasteiger partial charge in [0.1, 0.15) is 0 Å². The molecule has 0 unspecified atom stereocenters. The molecule has 1 aromatic carbocycles.